The zero-order valence-electron chi connectivity index (χ0n) is 9.91. The van der Waals surface area contributed by atoms with Crippen molar-refractivity contribution < 1.29 is 9.21 Å². The third-order valence-electron chi connectivity index (χ3n) is 2.22. The van der Waals surface area contributed by atoms with Crippen LogP contribution < -0.4 is 4.90 Å². The van der Waals surface area contributed by atoms with Gasteiger partial charge in [0.1, 0.15) is 0 Å². The van der Waals surface area contributed by atoms with Gasteiger partial charge in [-0.15, -0.1) is 0 Å². The van der Waals surface area contributed by atoms with Crippen LogP contribution in [0.1, 0.15) is 38.2 Å². The molecule has 0 unspecified atom stereocenters. The Labute approximate surface area is 91.1 Å². The lowest BCUT2D eigenvalue weighted by atomic mass is 10.2. The molecule has 0 spiro atoms. The van der Waals surface area contributed by atoms with E-state index in [2.05, 4.69) is 25.7 Å². The summed E-state index contributed by atoms with van der Waals surface area (Å²) in [6.07, 6.45) is 0. The summed E-state index contributed by atoms with van der Waals surface area (Å²) < 4.78 is 5.48. The van der Waals surface area contributed by atoms with E-state index in [0.29, 0.717) is 11.7 Å². The highest BCUT2D eigenvalue weighted by Gasteiger charge is 2.12. The van der Waals surface area contributed by atoms with Crippen LogP contribution in [0, 0.1) is 5.92 Å². The SMILES string of the molecule is CCN(CC(C)C)c1ccc(C(C)=O)o1. The number of anilines is 1. The number of carbonyl (C=O) groups is 1. The van der Waals surface area contributed by atoms with Gasteiger partial charge in [0.25, 0.3) is 0 Å². The number of Topliss-reactive ketones (excluding diaryl/α,β-unsaturated/α-hetero) is 1. The van der Waals surface area contributed by atoms with E-state index in [4.69, 9.17) is 4.42 Å². The first-order valence-electron chi connectivity index (χ1n) is 5.40. The molecular formula is C12H19NO2. The minimum absolute atomic E-state index is 0.0261. The average Bonchev–Trinajstić information content (AvgIpc) is 2.62. The lowest BCUT2D eigenvalue weighted by Gasteiger charge is -2.21. The molecule has 0 aromatic carbocycles. The molecule has 1 aromatic heterocycles. The van der Waals surface area contributed by atoms with Crippen molar-refractivity contribution in [3.05, 3.63) is 17.9 Å². The quantitative estimate of drug-likeness (QED) is 0.699. The van der Waals surface area contributed by atoms with Crippen molar-refractivity contribution in [2.24, 2.45) is 5.92 Å². The van der Waals surface area contributed by atoms with E-state index in [-0.39, 0.29) is 5.78 Å². The van der Waals surface area contributed by atoms with Crippen LogP contribution in [0.3, 0.4) is 0 Å². The Morgan fingerprint density at radius 1 is 1.47 bits per heavy atom. The highest BCUT2D eigenvalue weighted by atomic mass is 16.4. The number of hydrogen-bond donors (Lipinski definition) is 0. The molecule has 1 aromatic rings. The molecule has 0 bridgehead atoms. The molecule has 0 aliphatic heterocycles. The minimum atomic E-state index is -0.0261. The van der Waals surface area contributed by atoms with Crippen LogP contribution in [-0.2, 0) is 0 Å². The van der Waals surface area contributed by atoms with Crippen LogP contribution in [0.2, 0.25) is 0 Å². The van der Waals surface area contributed by atoms with Gasteiger partial charge in [0.15, 0.2) is 17.4 Å². The van der Waals surface area contributed by atoms with Crippen molar-refractivity contribution in [2.75, 3.05) is 18.0 Å². The molecule has 0 aliphatic carbocycles. The van der Waals surface area contributed by atoms with Gasteiger partial charge in [-0.3, -0.25) is 4.79 Å². The molecule has 0 amide bonds. The maximum atomic E-state index is 11.1. The largest absolute Gasteiger partial charge is 0.437 e. The summed E-state index contributed by atoms with van der Waals surface area (Å²) >= 11 is 0. The fourth-order valence-corrected chi connectivity index (χ4v) is 1.50. The van der Waals surface area contributed by atoms with Gasteiger partial charge in [-0.05, 0) is 18.9 Å². The lowest BCUT2D eigenvalue weighted by Crippen LogP contribution is -2.26. The summed E-state index contributed by atoms with van der Waals surface area (Å²) in [5, 5.41) is 0. The van der Waals surface area contributed by atoms with Gasteiger partial charge in [0.2, 0.25) is 0 Å². The Morgan fingerprint density at radius 3 is 2.53 bits per heavy atom. The topological polar surface area (TPSA) is 33.5 Å². The lowest BCUT2D eigenvalue weighted by molar-refractivity contribution is 0.0987. The van der Waals surface area contributed by atoms with Crippen molar-refractivity contribution in [1.29, 1.82) is 0 Å². The summed E-state index contributed by atoms with van der Waals surface area (Å²) in [5.41, 5.74) is 0. The number of ketones is 1. The van der Waals surface area contributed by atoms with Crippen molar-refractivity contribution in [3.8, 4) is 0 Å². The van der Waals surface area contributed by atoms with E-state index in [1.807, 2.05) is 6.07 Å². The number of carbonyl (C=O) groups excluding carboxylic acids is 1. The Morgan fingerprint density at radius 2 is 2.13 bits per heavy atom. The summed E-state index contributed by atoms with van der Waals surface area (Å²) in [5.74, 6) is 1.78. The van der Waals surface area contributed by atoms with Gasteiger partial charge in [0.05, 0.1) is 0 Å². The third kappa shape index (κ3) is 3.11. The second-order valence-corrected chi connectivity index (χ2v) is 4.13. The van der Waals surface area contributed by atoms with Crippen LogP contribution >= 0.6 is 0 Å². The summed E-state index contributed by atoms with van der Waals surface area (Å²) in [4.78, 5) is 13.2. The molecule has 15 heavy (non-hydrogen) atoms. The maximum absolute atomic E-state index is 11.1. The normalized spacial score (nSPS) is 10.7. The van der Waals surface area contributed by atoms with E-state index in [9.17, 15) is 4.79 Å². The molecule has 0 radical (unpaired) electrons. The van der Waals surface area contributed by atoms with Crippen molar-refractivity contribution in [1.82, 2.24) is 0 Å². The first-order chi connectivity index (χ1) is 7.04. The van der Waals surface area contributed by atoms with Gasteiger partial charge in [-0.25, -0.2) is 0 Å². The van der Waals surface area contributed by atoms with Crippen molar-refractivity contribution in [2.45, 2.75) is 27.7 Å². The fourth-order valence-electron chi connectivity index (χ4n) is 1.50. The van der Waals surface area contributed by atoms with E-state index < -0.39 is 0 Å². The summed E-state index contributed by atoms with van der Waals surface area (Å²) in [6.45, 7) is 9.76. The standard InChI is InChI=1S/C12H19NO2/c1-5-13(8-9(2)3)12-7-6-11(15-12)10(4)14/h6-7,9H,5,8H2,1-4H3. The molecule has 0 aliphatic rings. The van der Waals surface area contributed by atoms with Gasteiger partial charge in [0, 0.05) is 26.1 Å². The molecule has 1 rings (SSSR count). The van der Waals surface area contributed by atoms with Crippen LogP contribution in [0.5, 0.6) is 0 Å². The highest BCUT2D eigenvalue weighted by Crippen LogP contribution is 2.19. The Kier molecular flexibility index (Phi) is 3.95. The summed E-state index contributed by atoms with van der Waals surface area (Å²) in [7, 11) is 0. The Hall–Kier alpha value is -1.25. The predicted molar refractivity (Wildman–Crippen MR) is 61.4 cm³/mol. The van der Waals surface area contributed by atoms with E-state index >= 15 is 0 Å². The zero-order valence-corrected chi connectivity index (χ0v) is 9.91. The Bertz CT molecular complexity index is 328. The number of nitrogens with zero attached hydrogens (tertiary/aromatic N) is 1. The van der Waals surface area contributed by atoms with Crippen molar-refractivity contribution in [3.63, 3.8) is 0 Å². The van der Waals surface area contributed by atoms with Gasteiger partial charge in [-0.2, -0.15) is 0 Å². The molecule has 0 atom stereocenters. The molecule has 0 saturated heterocycles. The zero-order chi connectivity index (χ0) is 11.4. The molecule has 0 saturated carbocycles. The molecule has 3 nitrogen and oxygen atoms in total. The maximum Gasteiger partial charge on any atom is 0.196 e. The first kappa shape index (κ1) is 11.8. The first-order valence-corrected chi connectivity index (χ1v) is 5.40. The van der Waals surface area contributed by atoms with Crippen LogP contribution in [0.15, 0.2) is 16.5 Å². The molecule has 0 fully saturated rings. The second-order valence-electron chi connectivity index (χ2n) is 4.13. The third-order valence-corrected chi connectivity index (χ3v) is 2.22. The van der Waals surface area contributed by atoms with Gasteiger partial charge < -0.3 is 9.32 Å². The second kappa shape index (κ2) is 5.01. The molecule has 0 N–H and O–H groups in total. The van der Waals surface area contributed by atoms with Crippen LogP contribution in [0.4, 0.5) is 5.88 Å². The van der Waals surface area contributed by atoms with E-state index in [1.54, 1.807) is 6.07 Å². The highest BCUT2D eigenvalue weighted by molar-refractivity contribution is 5.91. The monoisotopic (exact) mass is 209 g/mol. The number of hydrogen-bond acceptors (Lipinski definition) is 3. The minimum Gasteiger partial charge on any atom is -0.437 e. The molecule has 3 heteroatoms. The van der Waals surface area contributed by atoms with Gasteiger partial charge in [-0.1, -0.05) is 13.8 Å². The Balaban J connectivity index is 2.78. The predicted octanol–water partition coefficient (Wildman–Crippen LogP) is 2.96. The van der Waals surface area contributed by atoms with Crippen LogP contribution in [0.25, 0.3) is 0 Å². The number of rotatable bonds is 5. The summed E-state index contributed by atoms with van der Waals surface area (Å²) in [6, 6.07) is 3.60. The van der Waals surface area contributed by atoms with E-state index in [0.717, 1.165) is 19.0 Å². The van der Waals surface area contributed by atoms with Crippen LogP contribution in [-0.4, -0.2) is 18.9 Å². The van der Waals surface area contributed by atoms with Crippen molar-refractivity contribution >= 4 is 11.7 Å². The van der Waals surface area contributed by atoms with E-state index in [1.165, 1.54) is 6.92 Å². The average molecular weight is 209 g/mol. The number of furan rings is 1. The smallest absolute Gasteiger partial charge is 0.196 e. The molecule has 1 heterocycles. The fraction of sp³-hybridized carbons (Fsp3) is 0.583. The molecule has 84 valence electrons. The van der Waals surface area contributed by atoms with Gasteiger partial charge >= 0.3 is 0 Å². The molecular weight excluding hydrogens is 190 g/mol.